The number of phosphoric acid groups is 7. The zero-order valence-electron chi connectivity index (χ0n) is 62.9. The molecule has 111 heavy (non-hydrogen) atoms. The lowest BCUT2D eigenvalue weighted by atomic mass is 10.2. The number of amides is 6. The van der Waals surface area contributed by atoms with Crippen molar-refractivity contribution < 1.29 is 158 Å². The molecule has 0 aliphatic carbocycles. The summed E-state index contributed by atoms with van der Waals surface area (Å²) < 4.78 is 157. The number of terminal acetylenes is 4. The minimum Gasteiger partial charge on any atom is -0.353 e. The smallest absolute Gasteiger partial charge is 0.353 e. The highest BCUT2D eigenvalue weighted by Crippen LogP contribution is 2.48. The first-order valence-electron chi connectivity index (χ1n) is 36.2. The molecule has 0 rings (SSSR count). The van der Waals surface area contributed by atoms with Crippen LogP contribution in [0.4, 0.5) is 0 Å². The first-order valence-corrected chi connectivity index (χ1v) is 46.7. The van der Waals surface area contributed by atoms with Gasteiger partial charge < -0.3 is 66.2 Å². The maximum Gasteiger partial charge on any atom is 0.472 e. The van der Waals surface area contributed by atoms with E-state index in [1.54, 1.807) is 0 Å². The fourth-order valence-electron chi connectivity index (χ4n) is 8.60. The quantitative estimate of drug-likeness (QED) is 0.0158. The topological polar surface area (TPSA) is 565 Å². The van der Waals surface area contributed by atoms with Crippen LogP contribution in [0.3, 0.4) is 0 Å². The predicted molar refractivity (Wildman–Crippen MR) is 402 cm³/mol. The van der Waals surface area contributed by atoms with E-state index in [1.807, 2.05) is 0 Å². The Morgan fingerprint density at radius 3 is 0.577 bits per heavy atom. The second-order valence-corrected chi connectivity index (χ2v) is 34.3. The Morgan fingerprint density at radius 2 is 0.414 bits per heavy atom. The van der Waals surface area contributed by atoms with Crippen LogP contribution in [0.1, 0.15) is 193 Å². The molecule has 0 saturated heterocycles. The van der Waals surface area contributed by atoms with Gasteiger partial charge in [-0.05, 0) is 128 Å². The van der Waals surface area contributed by atoms with Crippen LogP contribution in [0.2, 0.25) is 0 Å². The summed E-state index contributed by atoms with van der Waals surface area (Å²) in [5.74, 6) is 6.24. The number of phosphoric ester groups is 7. The molecule has 47 heteroatoms. The number of hydrogen-bond acceptors (Lipinski definition) is 27. The van der Waals surface area contributed by atoms with Crippen LogP contribution < -0.4 is 31.9 Å². The van der Waals surface area contributed by atoms with E-state index in [9.17, 15) is 95.0 Å². The van der Waals surface area contributed by atoms with Crippen molar-refractivity contribution in [1.82, 2.24) is 31.9 Å². The molecular weight excluding hydrogens is 1610 g/mol. The summed E-state index contributed by atoms with van der Waals surface area (Å²) in [6.45, 7) is -4.58. The number of unbranched alkanes of at least 4 members (excludes halogenated alkanes) is 14. The first-order chi connectivity index (χ1) is 52.5. The SMILES string of the molecule is C#CCCCCOP(=O)(O)OCCCCC(=O)NCC(CNC(=O)CCCCOP(=O)(O)OCCCCC#C)OP(=O)(O)OCCCCC(=O)NCC(CNC(=O)CCCCOP(=O)(O)OC(CNC(=O)CCCCOP(=O)(O)OCCCCC#C)CNC(=O)CCCCOP(=O)(O)OCCCCC#C)OP(=O)(O)OC. The maximum absolute atomic E-state index is 13.2. The van der Waals surface area contributed by atoms with Crippen LogP contribution in [-0.2, 0) is 124 Å². The molecule has 0 aliphatic rings. The average Bonchev–Trinajstić information content (AvgIpc) is 0.898. The largest absolute Gasteiger partial charge is 0.472 e. The van der Waals surface area contributed by atoms with Crippen LogP contribution in [-0.4, -0.2) is 200 Å². The molecular formula is C64H115N6O34P7. The van der Waals surface area contributed by atoms with Gasteiger partial charge in [0.1, 0.15) is 18.3 Å². The molecule has 0 saturated carbocycles. The van der Waals surface area contributed by atoms with E-state index in [0.717, 1.165) is 7.11 Å². The van der Waals surface area contributed by atoms with Gasteiger partial charge in [-0.2, -0.15) is 0 Å². The number of rotatable bonds is 75. The molecule has 7 unspecified atom stereocenters. The summed E-state index contributed by atoms with van der Waals surface area (Å²) in [5.41, 5.74) is 0. The highest BCUT2D eigenvalue weighted by Gasteiger charge is 2.32. The van der Waals surface area contributed by atoms with E-state index >= 15 is 0 Å². The fraction of sp³-hybridized carbons (Fsp3) is 0.781. The molecule has 0 heterocycles. The summed E-state index contributed by atoms with van der Waals surface area (Å²) in [5, 5.41) is 15.1. The second kappa shape index (κ2) is 64.0. The van der Waals surface area contributed by atoms with Crippen molar-refractivity contribution >= 4 is 90.2 Å². The van der Waals surface area contributed by atoms with Gasteiger partial charge in [0.25, 0.3) is 0 Å². The standard InChI is InChI=1S/C64H115N6O34P7/c1-6-10-14-24-40-92-106(79,80)96-44-28-18-34-61(73)67-52-57(53-68-62(74)35-19-29-45-97-107(81,82)93-41-25-15-11-7-2)103-110(87,88)100-48-32-22-38-59(71)65-50-56(102-105(77,78)91-5)51-66-60(72)39-23-33-49-101-111(89,90)104-58(54-69-63(75)36-20-30-46-98-108(83,84)94-42-26-16-12-8-3)55-70-64(76)37-21-31-47-99-109(85,86)95-43-27-17-13-9-4/h1-4,56-58H,10-55H2,5H3,(H,65,71)(H,66,72)(H,67,73)(H,68,74)(H,69,75)(H,70,76)(H,77,78)(H,79,80)(H,81,82)(H,83,84)(H,85,86)(H,87,88)(H,89,90). The Bertz CT molecular complexity index is 2870. The third kappa shape index (κ3) is 67.7. The number of nitrogens with one attached hydrogen (secondary N) is 6. The van der Waals surface area contributed by atoms with Gasteiger partial charge in [-0.25, -0.2) is 32.0 Å². The summed E-state index contributed by atoms with van der Waals surface area (Å²) in [7, 11) is -31.1. The summed E-state index contributed by atoms with van der Waals surface area (Å²) in [6, 6.07) is 0. The van der Waals surface area contributed by atoms with Gasteiger partial charge in [0, 0.05) is 111 Å². The highest BCUT2D eigenvalue weighted by atomic mass is 31.2. The van der Waals surface area contributed by atoms with Gasteiger partial charge in [0.05, 0.1) is 66.1 Å². The average molecular weight is 1730 g/mol. The van der Waals surface area contributed by atoms with Crippen LogP contribution in [0.25, 0.3) is 0 Å². The Kier molecular flexibility index (Phi) is 61.6. The monoisotopic (exact) mass is 1730 g/mol. The Balaban J connectivity index is 5.48. The lowest BCUT2D eigenvalue weighted by Gasteiger charge is -2.22. The molecule has 40 nitrogen and oxygen atoms in total. The second-order valence-electron chi connectivity index (χ2n) is 24.2. The van der Waals surface area contributed by atoms with Gasteiger partial charge in [0.15, 0.2) is 0 Å². The van der Waals surface area contributed by atoms with E-state index in [1.165, 1.54) is 0 Å². The van der Waals surface area contributed by atoms with E-state index in [-0.39, 0.29) is 168 Å². The maximum atomic E-state index is 13.2. The van der Waals surface area contributed by atoms with E-state index in [0.29, 0.717) is 77.0 Å². The molecule has 0 aromatic rings. The van der Waals surface area contributed by atoms with Crippen LogP contribution >= 0.6 is 54.8 Å². The van der Waals surface area contributed by atoms with Gasteiger partial charge in [0.2, 0.25) is 35.4 Å². The Morgan fingerprint density at radius 1 is 0.261 bits per heavy atom. The number of hydrogen-bond donors (Lipinski definition) is 13. The summed E-state index contributed by atoms with van der Waals surface area (Å²) >= 11 is 0. The molecule has 7 atom stereocenters. The molecule has 6 amide bonds. The van der Waals surface area contributed by atoms with Crippen molar-refractivity contribution in [2.24, 2.45) is 0 Å². The minimum atomic E-state index is -4.95. The van der Waals surface area contributed by atoms with E-state index < -0.39 is 161 Å². The Labute approximate surface area is 650 Å². The molecule has 0 bridgehead atoms. The number of carbonyl (C=O) groups is 6. The van der Waals surface area contributed by atoms with E-state index in [4.69, 9.17) is 84.5 Å². The summed E-state index contributed by atoms with van der Waals surface area (Å²) in [6.07, 6.45) is 23.2. The van der Waals surface area contributed by atoms with Crippen molar-refractivity contribution in [3.8, 4) is 49.4 Å². The van der Waals surface area contributed by atoms with E-state index in [2.05, 4.69) is 60.1 Å². The highest BCUT2D eigenvalue weighted by molar-refractivity contribution is 7.49. The van der Waals surface area contributed by atoms with Gasteiger partial charge in [-0.1, -0.05) is 0 Å². The lowest BCUT2D eigenvalue weighted by Crippen LogP contribution is -2.41. The van der Waals surface area contributed by atoms with Crippen molar-refractivity contribution in [3.63, 3.8) is 0 Å². The normalized spacial score (nSPS) is 16.0. The van der Waals surface area contributed by atoms with Gasteiger partial charge in [-0.15, -0.1) is 49.4 Å². The molecule has 0 aromatic heterocycles. The van der Waals surface area contributed by atoms with Crippen LogP contribution in [0.5, 0.6) is 0 Å². The van der Waals surface area contributed by atoms with Crippen LogP contribution in [0.15, 0.2) is 0 Å². The molecule has 0 spiro atoms. The molecule has 0 aliphatic heterocycles. The van der Waals surface area contributed by atoms with Gasteiger partial charge >= 0.3 is 54.8 Å². The zero-order valence-corrected chi connectivity index (χ0v) is 69.1. The van der Waals surface area contributed by atoms with Gasteiger partial charge in [-0.3, -0.25) is 92.1 Å². The minimum absolute atomic E-state index is 0.0122. The first kappa shape index (κ1) is 107. The van der Waals surface area contributed by atoms with Crippen molar-refractivity contribution in [1.29, 1.82) is 0 Å². The molecule has 0 fully saturated rings. The summed E-state index contributed by atoms with van der Waals surface area (Å²) in [4.78, 5) is 148. The lowest BCUT2D eigenvalue weighted by molar-refractivity contribution is -0.123. The third-order valence-electron chi connectivity index (χ3n) is 14.4. The Hall–Kier alpha value is -4.17. The third-order valence-corrected chi connectivity index (χ3v) is 21.7. The predicted octanol–water partition coefficient (Wildman–Crippen LogP) is 7.59. The van der Waals surface area contributed by atoms with Crippen molar-refractivity contribution in [2.45, 2.75) is 211 Å². The molecule has 13 N–H and O–H groups in total. The number of carbonyl (C=O) groups excluding carboxylic acids is 6. The molecule has 0 aromatic carbocycles. The molecule has 0 radical (unpaired) electrons. The molecule has 640 valence electrons. The van der Waals surface area contributed by atoms with Crippen molar-refractivity contribution in [3.05, 3.63) is 0 Å². The van der Waals surface area contributed by atoms with Crippen LogP contribution in [0, 0.1) is 49.4 Å². The fourth-order valence-corrected chi connectivity index (χ4v) is 14.3. The van der Waals surface area contributed by atoms with Crippen molar-refractivity contribution in [2.75, 3.05) is 112 Å². The zero-order chi connectivity index (χ0) is 83.2.